The first kappa shape index (κ1) is 34.5. The fourth-order valence-corrected chi connectivity index (χ4v) is 6.38. The van der Waals surface area contributed by atoms with Gasteiger partial charge < -0.3 is 5.11 Å². The molecule has 4 aromatic carbocycles. The first-order valence-corrected chi connectivity index (χ1v) is 16.0. The number of carbonyl (C=O) groups is 1. The molecule has 0 saturated heterocycles. The Hall–Kier alpha value is -3.37. The van der Waals surface area contributed by atoms with Crippen LogP contribution < -0.4 is 0 Å². The molecule has 0 amide bonds. The summed E-state index contributed by atoms with van der Waals surface area (Å²) in [6, 6.07) is 31.8. The Balaban J connectivity index is 0.000000283. The van der Waals surface area contributed by atoms with Crippen LogP contribution in [0.5, 0.6) is 0 Å². The average Bonchev–Trinajstić information content (AvgIpc) is 3.35. The number of aliphatic hydroxyl groups is 1. The molecule has 1 radical (unpaired) electrons. The van der Waals surface area contributed by atoms with Gasteiger partial charge in [-0.2, -0.15) is 0 Å². The third kappa shape index (κ3) is 7.22. The minimum atomic E-state index is -0.417. The van der Waals surface area contributed by atoms with Crippen molar-refractivity contribution in [1.29, 1.82) is 0 Å². The van der Waals surface area contributed by atoms with Crippen LogP contribution in [0.4, 0.5) is 0 Å². The van der Waals surface area contributed by atoms with Crippen LogP contribution in [0.25, 0.3) is 53.1 Å². The number of aromatic nitrogens is 1. The number of nitrogens with zero attached hydrogens (tertiary/aromatic N) is 1. The van der Waals surface area contributed by atoms with Gasteiger partial charge in [0.05, 0.1) is 5.52 Å². The predicted molar refractivity (Wildman–Crippen MR) is 190 cm³/mol. The van der Waals surface area contributed by atoms with E-state index in [1.165, 1.54) is 42.6 Å². The van der Waals surface area contributed by atoms with Crippen LogP contribution in [0.1, 0.15) is 67.9 Å². The molecule has 0 spiro atoms. The molecule has 0 unspecified atom stereocenters. The number of aliphatic hydroxyl groups excluding tert-OH is 1. The van der Waals surface area contributed by atoms with Crippen molar-refractivity contribution in [3.63, 3.8) is 0 Å². The number of allylic oxidation sites excluding steroid dienone is 2. The molecule has 0 saturated carbocycles. The monoisotopic (exact) mass is 793 g/mol. The van der Waals surface area contributed by atoms with E-state index in [1.54, 1.807) is 0 Å². The van der Waals surface area contributed by atoms with Gasteiger partial charge >= 0.3 is 0 Å². The van der Waals surface area contributed by atoms with Crippen molar-refractivity contribution < 1.29 is 30.0 Å². The maximum Gasteiger partial charge on any atom is 0.164 e. The van der Waals surface area contributed by atoms with Gasteiger partial charge in [0.1, 0.15) is 5.76 Å². The van der Waals surface area contributed by atoms with E-state index in [1.807, 2.05) is 52.9 Å². The molecule has 0 aliphatic heterocycles. The number of rotatable bonds is 2. The summed E-state index contributed by atoms with van der Waals surface area (Å²) in [6.07, 6.45) is 1.33. The zero-order valence-corrected chi connectivity index (χ0v) is 30.8. The van der Waals surface area contributed by atoms with Crippen LogP contribution in [0.15, 0.2) is 90.7 Å². The molecule has 0 bridgehead atoms. The van der Waals surface area contributed by atoms with Gasteiger partial charge in [0, 0.05) is 57.5 Å². The van der Waals surface area contributed by atoms with Gasteiger partial charge in [-0.05, 0) is 28.3 Å². The third-order valence-electron chi connectivity index (χ3n) is 7.83. The number of ketones is 1. The third-order valence-corrected chi connectivity index (χ3v) is 9.03. The summed E-state index contributed by atoms with van der Waals surface area (Å²) in [5, 5.41) is 15.7. The minimum Gasteiger partial charge on any atom is -0.512 e. The topological polar surface area (TPSA) is 50.2 Å². The maximum atomic E-state index is 11.5. The van der Waals surface area contributed by atoms with Crippen LogP contribution >= 0.6 is 11.3 Å². The van der Waals surface area contributed by atoms with Gasteiger partial charge in [-0.15, -0.1) is 40.5 Å². The number of thiophene rings is 1. The van der Waals surface area contributed by atoms with Crippen LogP contribution in [0, 0.1) is 16.9 Å². The van der Waals surface area contributed by atoms with Crippen LogP contribution in [-0.2, 0) is 30.3 Å². The average molecular weight is 793 g/mol. The van der Waals surface area contributed by atoms with Crippen LogP contribution in [0.2, 0.25) is 0 Å². The summed E-state index contributed by atoms with van der Waals surface area (Å²) in [4.78, 5) is 16.7. The summed E-state index contributed by atoms with van der Waals surface area (Å²) in [5.41, 5.74) is 3.73. The summed E-state index contributed by atoms with van der Waals surface area (Å²) >= 11 is 1.86. The summed E-state index contributed by atoms with van der Waals surface area (Å²) in [5.74, 6) is 0.104. The second-order valence-electron chi connectivity index (χ2n) is 14.6. The van der Waals surface area contributed by atoms with Crippen molar-refractivity contribution in [3.05, 3.63) is 102 Å². The summed E-state index contributed by atoms with van der Waals surface area (Å²) in [6.45, 7) is 18.0. The van der Waals surface area contributed by atoms with E-state index in [2.05, 4.69) is 106 Å². The predicted octanol–water partition coefficient (Wildman–Crippen LogP) is 11.6. The minimum absolute atomic E-state index is 0. The van der Waals surface area contributed by atoms with Gasteiger partial charge in [-0.3, -0.25) is 9.78 Å². The maximum absolute atomic E-state index is 11.5. The summed E-state index contributed by atoms with van der Waals surface area (Å²) in [7, 11) is 0. The Morgan fingerprint density at radius 1 is 0.778 bits per heavy atom. The normalized spacial score (nSPS) is 12.7. The van der Waals surface area contributed by atoms with E-state index in [4.69, 9.17) is 4.98 Å². The molecule has 6 aromatic rings. The second-order valence-corrected chi connectivity index (χ2v) is 15.6. The van der Waals surface area contributed by atoms with Crippen molar-refractivity contribution in [1.82, 2.24) is 4.98 Å². The Bertz CT molecular complexity index is 2050. The first-order chi connectivity index (χ1) is 20.6. The van der Waals surface area contributed by atoms with Gasteiger partial charge in [0.2, 0.25) is 0 Å². The Morgan fingerprint density at radius 2 is 1.36 bits per heavy atom. The van der Waals surface area contributed by atoms with Crippen LogP contribution in [0.3, 0.4) is 0 Å². The Kier molecular flexibility index (Phi) is 9.81. The molecule has 2 heterocycles. The molecular weight excluding hydrogens is 751 g/mol. The fraction of sp³-hybridized carbons (Fsp3) is 0.300. The van der Waals surface area contributed by atoms with Gasteiger partial charge in [0.15, 0.2) is 5.78 Å². The first-order valence-electron chi connectivity index (χ1n) is 15.2. The van der Waals surface area contributed by atoms with Gasteiger partial charge in [-0.1, -0.05) is 128 Å². The largest absolute Gasteiger partial charge is 0.512 e. The quantitative estimate of drug-likeness (QED) is 0.108. The van der Waals surface area contributed by atoms with Crippen molar-refractivity contribution in [3.8, 4) is 11.3 Å². The van der Waals surface area contributed by atoms with Crippen molar-refractivity contribution in [2.24, 2.45) is 10.8 Å². The number of benzene rings is 4. The summed E-state index contributed by atoms with van der Waals surface area (Å²) < 4.78 is 2.61. The van der Waals surface area contributed by atoms with Crippen LogP contribution in [-0.4, -0.2) is 15.9 Å². The number of para-hydroxylation sites is 1. The molecule has 0 atom stereocenters. The van der Waals surface area contributed by atoms with E-state index in [0.717, 1.165) is 22.2 Å². The molecule has 6 rings (SSSR count). The van der Waals surface area contributed by atoms with Crippen molar-refractivity contribution >= 4 is 59.0 Å². The van der Waals surface area contributed by atoms with E-state index in [-0.39, 0.29) is 42.5 Å². The smallest absolute Gasteiger partial charge is 0.164 e. The SMILES string of the molecule is CC(C)(C)C(=O)/C=C(\O)C(C)(C)C.CC(C)(C)c1cc(-c2nc3ccccc3c3sc4ccccc4c23)[c-]c2ccccc12.[Ir]. The van der Waals surface area contributed by atoms with Crippen molar-refractivity contribution in [2.75, 3.05) is 0 Å². The van der Waals surface area contributed by atoms with Gasteiger partial charge in [0.25, 0.3) is 0 Å². The Morgan fingerprint density at radius 3 is 1.98 bits per heavy atom. The van der Waals surface area contributed by atoms with Gasteiger partial charge in [-0.25, -0.2) is 0 Å². The molecule has 0 fully saturated rings. The standard InChI is InChI=1S/C29H22NS.C11H20O2.Ir/c1-29(2,3)23-17-19(16-18-10-4-5-11-20(18)23)27-26-22-13-7-9-15-25(22)31-28(26)21-12-6-8-14-24(21)30-27;1-10(2,3)8(12)7-9(13)11(4,5)6;/h4-15,17H,1-3H3;7,12H,1-6H3;/q-1;;/b;8-7-;. The van der Waals surface area contributed by atoms with E-state index < -0.39 is 5.41 Å². The molecule has 2 aromatic heterocycles. The second kappa shape index (κ2) is 12.8. The molecule has 3 nitrogen and oxygen atoms in total. The van der Waals surface area contributed by atoms with Crippen molar-refractivity contribution in [2.45, 2.75) is 67.7 Å². The number of carbonyl (C=O) groups excluding carboxylic acids is 1. The fourth-order valence-electron chi connectivity index (χ4n) is 5.14. The van der Waals surface area contributed by atoms with E-state index in [0.29, 0.717) is 0 Å². The van der Waals surface area contributed by atoms with E-state index >= 15 is 0 Å². The molecule has 5 heteroatoms. The Labute approximate surface area is 284 Å². The number of hydrogen-bond donors (Lipinski definition) is 1. The zero-order chi connectivity index (χ0) is 32.0. The molecular formula is C40H42IrNO2S-. The number of pyridine rings is 1. The zero-order valence-electron chi connectivity index (χ0n) is 27.6. The molecule has 45 heavy (non-hydrogen) atoms. The molecule has 1 N–H and O–H groups in total. The number of fused-ring (bicyclic) bond motifs is 6. The molecule has 0 aliphatic carbocycles. The van der Waals surface area contributed by atoms with E-state index in [9.17, 15) is 9.90 Å². The molecule has 0 aliphatic rings. The number of hydrogen-bond acceptors (Lipinski definition) is 4. The molecule has 235 valence electrons.